The van der Waals surface area contributed by atoms with E-state index in [0.29, 0.717) is 24.2 Å². The average Bonchev–Trinajstić information content (AvgIpc) is 2.23. The van der Waals surface area contributed by atoms with Crippen molar-refractivity contribution in [2.75, 3.05) is 18.0 Å². The van der Waals surface area contributed by atoms with Gasteiger partial charge < -0.3 is 10.0 Å². The van der Waals surface area contributed by atoms with Gasteiger partial charge in [0.25, 0.3) is 0 Å². The van der Waals surface area contributed by atoms with Gasteiger partial charge in [-0.1, -0.05) is 0 Å². The maximum Gasteiger partial charge on any atom is 0.161 e. The van der Waals surface area contributed by atoms with Crippen LogP contribution in [0.3, 0.4) is 0 Å². The smallest absolute Gasteiger partial charge is 0.161 e. The molecule has 1 aromatic rings. The molecule has 0 amide bonds. The Balaban J connectivity index is 2.39. The maximum atomic E-state index is 11.4. The number of aliphatic hydroxyl groups excluding tert-OH is 1. The van der Waals surface area contributed by atoms with Crippen molar-refractivity contribution >= 4 is 11.5 Å². The molecule has 1 heterocycles. The summed E-state index contributed by atoms with van der Waals surface area (Å²) < 4.78 is 0. The molecule has 0 bridgehead atoms. The van der Waals surface area contributed by atoms with Gasteiger partial charge in [0.2, 0.25) is 0 Å². The van der Waals surface area contributed by atoms with Gasteiger partial charge in [-0.15, -0.1) is 0 Å². The van der Waals surface area contributed by atoms with Gasteiger partial charge in [0, 0.05) is 24.3 Å². The molecule has 1 aliphatic rings. The summed E-state index contributed by atoms with van der Waals surface area (Å²) in [5.41, 5.74) is 1.88. The van der Waals surface area contributed by atoms with Crippen LogP contribution in [0.4, 0.5) is 5.69 Å². The number of nitriles is 1. The van der Waals surface area contributed by atoms with E-state index in [-0.39, 0.29) is 11.9 Å². The number of hydrogen-bond donors (Lipinski definition) is 1. The molecule has 16 heavy (non-hydrogen) atoms. The van der Waals surface area contributed by atoms with Crippen molar-refractivity contribution in [1.82, 2.24) is 0 Å². The number of benzene rings is 1. The van der Waals surface area contributed by atoms with Crippen molar-refractivity contribution in [3.05, 3.63) is 29.3 Å². The highest BCUT2D eigenvalue weighted by Gasteiger charge is 2.27. The van der Waals surface area contributed by atoms with E-state index in [1.165, 1.54) is 6.92 Å². The lowest BCUT2D eigenvalue weighted by atomic mass is 10.0. The molecule has 2 rings (SSSR count). The van der Waals surface area contributed by atoms with E-state index in [0.717, 1.165) is 5.69 Å². The van der Waals surface area contributed by atoms with E-state index in [1.54, 1.807) is 18.2 Å². The Kier molecular flexibility index (Phi) is 2.63. The number of nitrogens with zero attached hydrogens (tertiary/aromatic N) is 2. The number of hydrogen-bond acceptors (Lipinski definition) is 4. The molecule has 0 aromatic heterocycles. The highest BCUT2D eigenvalue weighted by molar-refractivity contribution is 6.00. The van der Waals surface area contributed by atoms with Crippen LogP contribution < -0.4 is 4.90 Å². The van der Waals surface area contributed by atoms with E-state index in [9.17, 15) is 9.90 Å². The van der Waals surface area contributed by atoms with Crippen molar-refractivity contribution < 1.29 is 9.90 Å². The van der Waals surface area contributed by atoms with Crippen molar-refractivity contribution in [2.45, 2.75) is 13.0 Å². The number of carbonyl (C=O) groups excluding carboxylic acids is 1. The average molecular weight is 216 g/mol. The number of Topliss-reactive ketones (excluding diaryl/α,β-unsaturated/α-hetero) is 1. The van der Waals surface area contributed by atoms with Gasteiger partial charge in [0.05, 0.1) is 17.7 Å². The first-order chi connectivity index (χ1) is 7.61. The number of anilines is 1. The minimum atomic E-state index is -0.328. The second-order valence-electron chi connectivity index (χ2n) is 3.96. The van der Waals surface area contributed by atoms with Gasteiger partial charge in [0.15, 0.2) is 5.78 Å². The SMILES string of the molecule is CC(=O)c1ccc(C#N)cc1N1CC(O)C1. The van der Waals surface area contributed by atoms with Gasteiger partial charge in [-0.05, 0) is 25.1 Å². The molecule has 82 valence electrons. The largest absolute Gasteiger partial charge is 0.389 e. The highest BCUT2D eigenvalue weighted by Crippen LogP contribution is 2.26. The van der Waals surface area contributed by atoms with Gasteiger partial charge in [-0.3, -0.25) is 4.79 Å². The molecule has 0 radical (unpaired) electrons. The number of carbonyl (C=O) groups is 1. The summed E-state index contributed by atoms with van der Waals surface area (Å²) in [5, 5.41) is 18.1. The third kappa shape index (κ3) is 1.77. The molecule has 4 nitrogen and oxygen atoms in total. The molecule has 0 aliphatic carbocycles. The van der Waals surface area contributed by atoms with Gasteiger partial charge >= 0.3 is 0 Å². The number of β-amino-alcohol motifs (C(OH)–C–C–N with tert-alkyl or cyclic N) is 1. The monoisotopic (exact) mass is 216 g/mol. The zero-order valence-electron chi connectivity index (χ0n) is 8.97. The van der Waals surface area contributed by atoms with Gasteiger partial charge in [0.1, 0.15) is 0 Å². The lowest BCUT2D eigenvalue weighted by molar-refractivity contribution is 0.101. The van der Waals surface area contributed by atoms with Gasteiger partial charge in [-0.25, -0.2) is 0 Å². The standard InChI is InChI=1S/C12H12N2O2/c1-8(15)11-3-2-9(5-13)4-12(11)14-6-10(16)7-14/h2-4,10,16H,6-7H2,1H3. The van der Waals surface area contributed by atoms with E-state index in [2.05, 4.69) is 0 Å². The zero-order valence-corrected chi connectivity index (χ0v) is 8.97. The Morgan fingerprint density at radius 1 is 1.56 bits per heavy atom. The molecule has 1 aliphatic heterocycles. The van der Waals surface area contributed by atoms with Crippen LogP contribution in [0.25, 0.3) is 0 Å². The Hall–Kier alpha value is -1.86. The number of aliphatic hydroxyl groups is 1. The number of rotatable bonds is 2. The Morgan fingerprint density at radius 2 is 2.25 bits per heavy atom. The van der Waals surface area contributed by atoms with Crippen LogP contribution in [0.5, 0.6) is 0 Å². The Bertz CT molecular complexity index is 470. The maximum absolute atomic E-state index is 11.4. The summed E-state index contributed by atoms with van der Waals surface area (Å²) in [7, 11) is 0. The summed E-state index contributed by atoms with van der Waals surface area (Å²) in [6.45, 7) is 2.55. The van der Waals surface area contributed by atoms with E-state index in [1.807, 2.05) is 11.0 Å². The number of ketones is 1. The fraction of sp³-hybridized carbons (Fsp3) is 0.333. The second-order valence-corrected chi connectivity index (χ2v) is 3.96. The normalized spacial score (nSPS) is 15.4. The second kappa shape index (κ2) is 3.95. The molecule has 1 N–H and O–H groups in total. The van der Waals surface area contributed by atoms with Crippen molar-refractivity contribution in [1.29, 1.82) is 5.26 Å². The summed E-state index contributed by atoms with van der Waals surface area (Å²) in [6, 6.07) is 7.05. The first kappa shape index (κ1) is 10.7. The van der Waals surface area contributed by atoms with Crippen LogP contribution >= 0.6 is 0 Å². The topological polar surface area (TPSA) is 64.3 Å². The van der Waals surface area contributed by atoms with Crippen LogP contribution in [-0.4, -0.2) is 30.1 Å². The molecule has 0 saturated carbocycles. The third-order valence-electron chi connectivity index (χ3n) is 2.71. The van der Waals surface area contributed by atoms with Gasteiger partial charge in [-0.2, -0.15) is 5.26 Å². The summed E-state index contributed by atoms with van der Waals surface area (Å²) in [4.78, 5) is 13.3. The molecule has 1 saturated heterocycles. The summed E-state index contributed by atoms with van der Waals surface area (Å²) in [5.74, 6) is -0.0270. The molecule has 1 fully saturated rings. The molecule has 0 spiro atoms. The Morgan fingerprint density at radius 3 is 2.75 bits per heavy atom. The van der Waals surface area contributed by atoms with Crippen molar-refractivity contribution in [3.8, 4) is 6.07 Å². The summed E-state index contributed by atoms with van der Waals surface area (Å²) in [6.07, 6.45) is -0.328. The predicted molar refractivity (Wildman–Crippen MR) is 59.4 cm³/mol. The molecular formula is C12H12N2O2. The molecule has 0 atom stereocenters. The molecule has 1 aromatic carbocycles. The van der Waals surface area contributed by atoms with E-state index < -0.39 is 0 Å². The first-order valence-corrected chi connectivity index (χ1v) is 5.10. The van der Waals surface area contributed by atoms with Crippen LogP contribution in [-0.2, 0) is 0 Å². The fourth-order valence-corrected chi connectivity index (χ4v) is 1.81. The van der Waals surface area contributed by atoms with E-state index >= 15 is 0 Å². The minimum Gasteiger partial charge on any atom is -0.389 e. The van der Waals surface area contributed by atoms with E-state index in [4.69, 9.17) is 5.26 Å². The van der Waals surface area contributed by atoms with Crippen LogP contribution in [0, 0.1) is 11.3 Å². The fourth-order valence-electron chi connectivity index (χ4n) is 1.81. The quantitative estimate of drug-likeness (QED) is 0.747. The minimum absolute atomic E-state index is 0.0270. The Labute approximate surface area is 93.7 Å². The van der Waals surface area contributed by atoms with Crippen LogP contribution in [0.1, 0.15) is 22.8 Å². The van der Waals surface area contributed by atoms with Crippen molar-refractivity contribution in [3.63, 3.8) is 0 Å². The molecule has 0 unspecified atom stereocenters. The first-order valence-electron chi connectivity index (χ1n) is 5.10. The summed E-state index contributed by atoms with van der Waals surface area (Å²) >= 11 is 0. The van der Waals surface area contributed by atoms with Crippen molar-refractivity contribution in [2.24, 2.45) is 0 Å². The third-order valence-corrected chi connectivity index (χ3v) is 2.71. The zero-order chi connectivity index (χ0) is 11.7. The van der Waals surface area contributed by atoms with Crippen LogP contribution in [0.2, 0.25) is 0 Å². The van der Waals surface area contributed by atoms with Crippen LogP contribution in [0.15, 0.2) is 18.2 Å². The predicted octanol–water partition coefficient (Wildman–Crippen LogP) is 0.942. The molecule has 4 heteroatoms. The lowest BCUT2D eigenvalue weighted by Gasteiger charge is -2.38. The lowest BCUT2D eigenvalue weighted by Crippen LogP contribution is -2.51. The molecular weight excluding hydrogens is 204 g/mol. The highest BCUT2D eigenvalue weighted by atomic mass is 16.3.